The average Bonchev–Trinajstić information content (AvgIpc) is 2.81. The Labute approximate surface area is 106 Å². The fourth-order valence-electron chi connectivity index (χ4n) is 2.94. The first kappa shape index (κ1) is 11.5. The van der Waals surface area contributed by atoms with Gasteiger partial charge in [0.1, 0.15) is 5.75 Å². The third-order valence-corrected chi connectivity index (χ3v) is 3.86. The summed E-state index contributed by atoms with van der Waals surface area (Å²) < 4.78 is 0. The van der Waals surface area contributed by atoms with Crippen LogP contribution in [-0.4, -0.2) is 46.6 Å². The fourth-order valence-corrected chi connectivity index (χ4v) is 2.94. The molecule has 2 aliphatic rings. The van der Waals surface area contributed by atoms with Gasteiger partial charge in [0, 0.05) is 25.3 Å². The number of aromatic hydroxyl groups is 1. The lowest BCUT2D eigenvalue weighted by Crippen LogP contribution is -2.41. The maximum atomic E-state index is 12.3. The molecule has 0 bridgehead atoms. The van der Waals surface area contributed by atoms with Crippen molar-refractivity contribution >= 4 is 5.91 Å². The largest absolute Gasteiger partial charge is 0.506 e. The number of piperidine rings is 1. The quantitative estimate of drug-likeness (QED) is 0.763. The Balaban J connectivity index is 1.74. The summed E-state index contributed by atoms with van der Waals surface area (Å²) >= 11 is 0. The highest BCUT2D eigenvalue weighted by atomic mass is 16.3. The van der Waals surface area contributed by atoms with Gasteiger partial charge < -0.3 is 15.3 Å². The number of rotatable bonds is 1. The summed E-state index contributed by atoms with van der Waals surface area (Å²) in [6.45, 7) is 2.63. The van der Waals surface area contributed by atoms with Crippen LogP contribution in [-0.2, 0) is 0 Å². The zero-order chi connectivity index (χ0) is 12.5. The summed E-state index contributed by atoms with van der Waals surface area (Å²) in [6.07, 6.45) is 5.23. The van der Waals surface area contributed by atoms with E-state index in [0.717, 1.165) is 19.6 Å². The Bertz CT molecular complexity index is 449. The van der Waals surface area contributed by atoms with Crippen LogP contribution in [0.5, 0.6) is 5.75 Å². The van der Waals surface area contributed by atoms with Crippen molar-refractivity contribution in [2.45, 2.75) is 18.9 Å². The highest BCUT2D eigenvalue weighted by Gasteiger charge is 2.36. The van der Waals surface area contributed by atoms with Gasteiger partial charge in [-0.3, -0.25) is 9.78 Å². The highest BCUT2D eigenvalue weighted by molar-refractivity contribution is 5.94. The van der Waals surface area contributed by atoms with Gasteiger partial charge in [0.05, 0.1) is 11.8 Å². The van der Waals surface area contributed by atoms with Crippen molar-refractivity contribution in [1.29, 1.82) is 0 Å². The predicted octanol–water partition coefficient (Wildman–Crippen LogP) is 0.611. The topological polar surface area (TPSA) is 65.5 Å². The van der Waals surface area contributed by atoms with Crippen LogP contribution in [0, 0.1) is 5.92 Å². The van der Waals surface area contributed by atoms with E-state index in [4.69, 9.17) is 0 Å². The summed E-state index contributed by atoms with van der Waals surface area (Å²) in [7, 11) is 0. The minimum absolute atomic E-state index is 0.0328. The Hall–Kier alpha value is -1.62. The zero-order valence-electron chi connectivity index (χ0n) is 10.2. The second kappa shape index (κ2) is 4.57. The number of carbonyl (C=O) groups is 1. The highest BCUT2D eigenvalue weighted by Crippen LogP contribution is 2.26. The first-order valence-corrected chi connectivity index (χ1v) is 6.41. The van der Waals surface area contributed by atoms with Crippen LogP contribution in [0.4, 0.5) is 0 Å². The van der Waals surface area contributed by atoms with Gasteiger partial charge in [-0.25, -0.2) is 0 Å². The summed E-state index contributed by atoms with van der Waals surface area (Å²) in [5, 5.41) is 12.8. The van der Waals surface area contributed by atoms with Crippen LogP contribution < -0.4 is 5.32 Å². The lowest BCUT2D eigenvalue weighted by atomic mass is 9.94. The molecule has 1 aromatic rings. The molecule has 3 heterocycles. The molecule has 2 unspecified atom stereocenters. The minimum Gasteiger partial charge on any atom is -0.506 e. The van der Waals surface area contributed by atoms with Crippen molar-refractivity contribution in [2.24, 2.45) is 5.92 Å². The summed E-state index contributed by atoms with van der Waals surface area (Å²) in [4.78, 5) is 18.0. The molecule has 1 amide bonds. The van der Waals surface area contributed by atoms with E-state index in [9.17, 15) is 9.90 Å². The van der Waals surface area contributed by atoms with Gasteiger partial charge in [-0.05, 0) is 31.4 Å². The SMILES string of the molecule is O=C(c1cncc(O)c1)N1CC2CCCNC2C1. The number of pyridine rings is 1. The third kappa shape index (κ3) is 2.06. The first-order chi connectivity index (χ1) is 8.74. The van der Waals surface area contributed by atoms with Crippen molar-refractivity contribution in [3.63, 3.8) is 0 Å². The van der Waals surface area contributed by atoms with Crippen LogP contribution in [0.2, 0.25) is 0 Å². The van der Waals surface area contributed by atoms with E-state index >= 15 is 0 Å². The second-order valence-corrected chi connectivity index (χ2v) is 5.10. The molecule has 2 aliphatic heterocycles. The van der Waals surface area contributed by atoms with E-state index in [1.54, 1.807) is 0 Å². The molecule has 2 N–H and O–H groups in total. The minimum atomic E-state index is -0.0328. The van der Waals surface area contributed by atoms with Crippen molar-refractivity contribution in [3.8, 4) is 5.75 Å². The van der Waals surface area contributed by atoms with E-state index in [2.05, 4.69) is 10.3 Å². The van der Waals surface area contributed by atoms with Gasteiger partial charge in [-0.2, -0.15) is 0 Å². The summed E-state index contributed by atoms with van der Waals surface area (Å²) in [6, 6.07) is 1.91. The van der Waals surface area contributed by atoms with Gasteiger partial charge in [-0.1, -0.05) is 0 Å². The number of nitrogens with zero attached hydrogens (tertiary/aromatic N) is 2. The lowest BCUT2D eigenvalue weighted by molar-refractivity contribution is 0.0785. The molecule has 1 aromatic heterocycles. The molecule has 3 rings (SSSR count). The molecule has 96 valence electrons. The standard InChI is InChI=1S/C13H17N3O2/c17-11-4-10(5-14-6-11)13(18)16-7-9-2-1-3-15-12(9)8-16/h4-6,9,12,15,17H,1-3,7-8H2. The van der Waals surface area contributed by atoms with Gasteiger partial charge in [0.2, 0.25) is 0 Å². The number of aromatic nitrogens is 1. The van der Waals surface area contributed by atoms with E-state index in [-0.39, 0.29) is 11.7 Å². The zero-order valence-corrected chi connectivity index (χ0v) is 10.2. The normalized spacial score (nSPS) is 27.0. The van der Waals surface area contributed by atoms with Crippen LogP contribution in [0.3, 0.4) is 0 Å². The molecule has 2 fully saturated rings. The Morgan fingerprint density at radius 2 is 2.33 bits per heavy atom. The molecular weight excluding hydrogens is 230 g/mol. The lowest BCUT2D eigenvalue weighted by Gasteiger charge is -2.24. The van der Waals surface area contributed by atoms with Crippen LogP contribution in [0.25, 0.3) is 0 Å². The fraction of sp³-hybridized carbons (Fsp3) is 0.538. The molecule has 2 saturated heterocycles. The average molecular weight is 247 g/mol. The molecular formula is C13H17N3O2. The van der Waals surface area contributed by atoms with Gasteiger partial charge >= 0.3 is 0 Å². The summed E-state index contributed by atoms with van der Waals surface area (Å²) in [5.41, 5.74) is 0.466. The molecule has 0 aliphatic carbocycles. The smallest absolute Gasteiger partial charge is 0.255 e. The monoisotopic (exact) mass is 247 g/mol. The van der Waals surface area contributed by atoms with Crippen LogP contribution in [0.1, 0.15) is 23.2 Å². The Morgan fingerprint density at radius 3 is 3.11 bits per heavy atom. The molecule has 0 aromatic carbocycles. The molecule has 2 atom stereocenters. The molecule has 0 spiro atoms. The Kier molecular flexibility index (Phi) is 2.91. The van der Waals surface area contributed by atoms with Gasteiger partial charge in [-0.15, -0.1) is 0 Å². The number of likely N-dealkylation sites (tertiary alicyclic amines) is 1. The van der Waals surface area contributed by atoms with Gasteiger partial charge in [0.25, 0.3) is 5.91 Å². The second-order valence-electron chi connectivity index (χ2n) is 5.10. The number of hydrogen-bond donors (Lipinski definition) is 2. The van der Waals surface area contributed by atoms with Gasteiger partial charge in [0.15, 0.2) is 0 Å². The van der Waals surface area contributed by atoms with E-state index in [0.29, 0.717) is 17.5 Å². The maximum Gasteiger partial charge on any atom is 0.255 e. The third-order valence-electron chi connectivity index (χ3n) is 3.86. The number of amides is 1. The first-order valence-electron chi connectivity index (χ1n) is 6.41. The molecule has 5 heteroatoms. The molecule has 18 heavy (non-hydrogen) atoms. The van der Waals surface area contributed by atoms with Crippen molar-refractivity contribution in [1.82, 2.24) is 15.2 Å². The number of carbonyl (C=O) groups excluding carboxylic acids is 1. The van der Waals surface area contributed by atoms with Crippen LogP contribution in [0.15, 0.2) is 18.5 Å². The van der Waals surface area contributed by atoms with Crippen molar-refractivity contribution < 1.29 is 9.90 Å². The summed E-state index contributed by atoms with van der Waals surface area (Å²) in [5.74, 6) is 0.582. The van der Waals surface area contributed by atoms with Crippen molar-refractivity contribution in [3.05, 3.63) is 24.0 Å². The predicted molar refractivity (Wildman–Crippen MR) is 66.3 cm³/mol. The Morgan fingerprint density at radius 1 is 1.44 bits per heavy atom. The van der Waals surface area contributed by atoms with Crippen molar-refractivity contribution in [2.75, 3.05) is 19.6 Å². The van der Waals surface area contributed by atoms with E-state index in [1.165, 1.54) is 31.3 Å². The van der Waals surface area contributed by atoms with E-state index < -0.39 is 0 Å². The number of fused-ring (bicyclic) bond motifs is 1. The molecule has 0 radical (unpaired) electrons. The number of nitrogens with one attached hydrogen (secondary N) is 1. The number of hydrogen-bond acceptors (Lipinski definition) is 4. The molecule has 5 nitrogen and oxygen atoms in total. The van der Waals surface area contributed by atoms with E-state index in [1.807, 2.05) is 4.90 Å². The molecule has 0 saturated carbocycles. The maximum absolute atomic E-state index is 12.3. The van der Waals surface area contributed by atoms with Crippen LogP contribution >= 0.6 is 0 Å².